The second-order valence-corrected chi connectivity index (χ2v) is 8.19. The third kappa shape index (κ3) is 7.17. The highest BCUT2D eigenvalue weighted by Crippen LogP contribution is 2.18. The van der Waals surface area contributed by atoms with E-state index in [1.165, 1.54) is 23.5 Å². The molecule has 3 aromatic rings. The molecule has 0 saturated heterocycles. The standard InChI is InChI=1S/C24H23N3O6S/c1-15-4-9-18(19(28)13-15)23(31)25-11-10-22(30)33-14-21(29)26-16-5-7-17(8-6-16)27-24(32)20-3-2-12-34-20/h2-9,12-13,28H,10-11,14H2,1H3,(H,25,31)(H,26,29)(H,27,32). The highest BCUT2D eigenvalue weighted by molar-refractivity contribution is 7.12. The molecule has 0 bridgehead atoms. The summed E-state index contributed by atoms with van der Waals surface area (Å²) in [5, 5.41) is 19.5. The van der Waals surface area contributed by atoms with Crippen LogP contribution in [-0.2, 0) is 14.3 Å². The molecule has 0 atom stereocenters. The minimum atomic E-state index is -0.657. The number of aryl methyl sites for hydroxylation is 1. The molecule has 3 rings (SSSR count). The van der Waals surface area contributed by atoms with Crippen molar-refractivity contribution in [3.63, 3.8) is 0 Å². The summed E-state index contributed by atoms with van der Waals surface area (Å²) in [7, 11) is 0. The quantitative estimate of drug-likeness (QED) is 0.347. The minimum Gasteiger partial charge on any atom is -0.507 e. The Labute approximate surface area is 199 Å². The number of rotatable bonds is 9. The van der Waals surface area contributed by atoms with Gasteiger partial charge < -0.3 is 25.8 Å². The van der Waals surface area contributed by atoms with Crippen LogP contribution in [-0.4, -0.2) is 41.9 Å². The van der Waals surface area contributed by atoms with Crippen LogP contribution in [0, 0.1) is 6.92 Å². The maximum atomic E-state index is 12.1. The topological polar surface area (TPSA) is 134 Å². The summed E-state index contributed by atoms with van der Waals surface area (Å²) in [6, 6.07) is 14.7. The van der Waals surface area contributed by atoms with Gasteiger partial charge in [-0.3, -0.25) is 19.2 Å². The average molecular weight is 482 g/mol. The van der Waals surface area contributed by atoms with Crippen LogP contribution in [0.1, 0.15) is 32.0 Å². The summed E-state index contributed by atoms with van der Waals surface area (Å²) in [6.45, 7) is 1.29. The maximum Gasteiger partial charge on any atom is 0.308 e. The Balaban J connectivity index is 1.36. The SMILES string of the molecule is Cc1ccc(C(=O)NCCC(=O)OCC(=O)Nc2ccc(NC(=O)c3cccs3)cc2)c(O)c1. The highest BCUT2D eigenvalue weighted by atomic mass is 32.1. The number of phenolic OH excluding ortho intramolecular Hbond substituents is 1. The Morgan fingerprint density at radius 3 is 2.29 bits per heavy atom. The van der Waals surface area contributed by atoms with Crippen LogP contribution in [0.3, 0.4) is 0 Å². The van der Waals surface area contributed by atoms with Crippen LogP contribution >= 0.6 is 11.3 Å². The van der Waals surface area contributed by atoms with Crippen molar-refractivity contribution >= 4 is 46.4 Å². The van der Waals surface area contributed by atoms with Crippen LogP contribution < -0.4 is 16.0 Å². The molecule has 4 N–H and O–H groups in total. The van der Waals surface area contributed by atoms with Crippen molar-refractivity contribution in [2.45, 2.75) is 13.3 Å². The van der Waals surface area contributed by atoms with Gasteiger partial charge in [0.05, 0.1) is 16.9 Å². The van der Waals surface area contributed by atoms with Gasteiger partial charge in [-0.15, -0.1) is 11.3 Å². The Hall–Kier alpha value is -4.18. The van der Waals surface area contributed by atoms with Gasteiger partial charge in [-0.1, -0.05) is 12.1 Å². The summed E-state index contributed by atoms with van der Waals surface area (Å²) < 4.78 is 4.91. The number of ether oxygens (including phenoxy) is 1. The number of anilines is 2. The molecule has 10 heteroatoms. The molecule has 0 aliphatic rings. The van der Waals surface area contributed by atoms with Gasteiger partial charge in [-0.2, -0.15) is 0 Å². The van der Waals surface area contributed by atoms with E-state index < -0.39 is 24.4 Å². The van der Waals surface area contributed by atoms with Gasteiger partial charge in [0.25, 0.3) is 17.7 Å². The Bertz CT molecular complexity index is 1180. The minimum absolute atomic E-state index is 0.00867. The molecule has 1 aromatic heterocycles. The third-order valence-corrected chi connectivity index (χ3v) is 5.42. The van der Waals surface area contributed by atoms with Crippen LogP contribution in [0.4, 0.5) is 11.4 Å². The fraction of sp³-hybridized carbons (Fsp3) is 0.167. The monoisotopic (exact) mass is 481 g/mol. The molecule has 0 aliphatic heterocycles. The highest BCUT2D eigenvalue weighted by Gasteiger charge is 2.13. The molecule has 176 valence electrons. The van der Waals surface area contributed by atoms with Crippen LogP contribution in [0.25, 0.3) is 0 Å². The summed E-state index contributed by atoms with van der Waals surface area (Å²) in [5.41, 5.74) is 1.97. The Kier molecular flexibility index (Phi) is 8.36. The van der Waals surface area contributed by atoms with Gasteiger partial charge in [0.2, 0.25) is 0 Å². The largest absolute Gasteiger partial charge is 0.507 e. The second-order valence-electron chi connectivity index (χ2n) is 7.24. The van der Waals surface area contributed by atoms with E-state index in [1.54, 1.807) is 49.4 Å². The zero-order chi connectivity index (χ0) is 24.5. The Morgan fingerprint density at radius 1 is 0.941 bits per heavy atom. The zero-order valence-corrected chi connectivity index (χ0v) is 19.1. The molecule has 0 spiro atoms. The third-order valence-electron chi connectivity index (χ3n) is 4.55. The lowest BCUT2D eigenvalue weighted by molar-refractivity contribution is -0.147. The molecule has 1 heterocycles. The van der Waals surface area contributed by atoms with Crippen LogP contribution in [0.2, 0.25) is 0 Å². The number of hydrogen-bond acceptors (Lipinski definition) is 7. The van der Waals surface area contributed by atoms with Gasteiger partial charge in [0, 0.05) is 17.9 Å². The molecule has 34 heavy (non-hydrogen) atoms. The molecule has 0 aliphatic carbocycles. The van der Waals surface area contributed by atoms with Crippen molar-refractivity contribution in [1.82, 2.24) is 5.32 Å². The van der Waals surface area contributed by atoms with E-state index in [0.717, 1.165) is 5.56 Å². The predicted octanol–water partition coefficient (Wildman–Crippen LogP) is 3.32. The van der Waals surface area contributed by atoms with Gasteiger partial charge in [-0.25, -0.2) is 0 Å². The molecular weight excluding hydrogens is 458 g/mol. The first-order valence-electron chi connectivity index (χ1n) is 10.3. The molecule has 2 aromatic carbocycles. The van der Waals surface area contributed by atoms with Crippen molar-refractivity contribution < 1.29 is 29.0 Å². The first kappa shape index (κ1) is 24.5. The van der Waals surface area contributed by atoms with Crippen molar-refractivity contribution in [1.29, 1.82) is 0 Å². The smallest absolute Gasteiger partial charge is 0.308 e. The molecule has 0 unspecified atom stereocenters. The van der Waals surface area contributed by atoms with E-state index in [-0.39, 0.29) is 30.2 Å². The number of carbonyl (C=O) groups is 4. The van der Waals surface area contributed by atoms with Crippen LogP contribution in [0.15, 0.2) is 60.0 Å². The van der Waals surface area contributed by atoms with Crippen molar-refractivity contribution in [3.8, 4) is 5.75 Å². The lowest BCUT2D eigenvalue weighted by Crippen LogP contribution is -2.27. The number of hydrogen-bond donors (Lipinski definition) is 4. The molecular formula is C24H23N3O6S. The molecule has 0 radical (unpaired) electrons. The second kappa shape index (κ2) is 11.6. The zero-order valence-electron chi connectivity index (χ0n) is 18.3. The normalized spacial score (nSPS) is 10.3. The lowest BCUT2D eigenvalue weighted by Gasteiger charge is -2.09. The fourth-order valence-corrected chi connectivity index (χ4v) is 3.48. The van der Waals surface area contributed by atoms with E-state index in [4.69, 9.17) is 4.74 Å². The summed E-state index contributed by atoms with van der Waals surface area (Å²) in [4.78, 5) is 48.5. The van der Waals surface area contributed by atoms with Crippen molar-refractivity contribution in [2.24, 2.45) is 0 Å². The summed E-state index contributed by atoms with van der Waals surface area (Å²) in [6.07, 6.45) is -0.135. The molecule has 3 amide bonds. The summed E-state index contributed by atoms with van der Waals surface area (Å²) >= 11 is 1.33. The fourth-order valence-electron chi connectivity index (χ4n) is 2.86. The first-order chi connectivity index (χ1) is 16.3. The summed E-state index contributed by atoms with van der Waals surface area (Å²) in [5.74, 6) is -2.06. The van der Waals surface area contributed by atoms with Gasteiger partial charge >= 0.3 is 5.97 Å². The van der Waals surface area contributed by atoms with Crippen molar-refractivity contribution in [2.75, 3.05) is 23.8 Å². The number of phenols is 1. The number of esters is 1. The maximum absolute atomic E-state index is 12.1. The molecule has 9 nitrogen and oxygen atoms in total. The number of thiophene rings is 1. The number of carbonyl (C=O) groups excluding carboxylic acids is 4. The number of nitrogens with one attached hydrogen (secondary N) is 3. The van der Waals surface area contributed by atoms with Gasteiger partial charge in [0.1, 0.15) is 5.75 Å². The molecule has 0 saturated carbocycles. The first-order valence-corrected chi connectivity index (χ1v) is 11.2. The average Bonchev–Trinajstić information content (AvgIpc) is 3.34. The predicted molar refractivity (Wildman–Crippen MR) is 128 cm³/mol. The van der Waals surface area contributed by atoms with E-state index in [9.17, 15) is 24.3 Å². The Morgan fingerprint density at radius 2 is 1.65 bits per heavy atom. The number of aromatic hydroxyl groups is 1. The van der Waals surface area contributed by atoms with E-state index >= 15 is 0 Å². The lowest BCUT2D eigenvalue weighted by atomic mass is 10.1. The van der Waals surface area contributed by atoms with Gasteiger partial charge in [0.15, 0.2) is 6.61 Å². The number of benzene rings is 2. The van der Waals surface area contributed by atoms with Gasteiger partial charge in [-0.05, 0) is 60.3 Å². The van der Waals surface area contributed by atoms with E-state index in [2.05, 4.69) is 16.0 Å². The number of amides is 3. The molecule has 0 fully saturated rings. The van der Waals surface area contributed by atoms with E-state index in [0.29, 0.717) is 16.3 Å². The van der Waals surface area contributed by atoms with E-state index in [1.807, 2.05) is 5.38 Å². The van der Waals surface area contributed by atoms with Crippen molar-refractivity contribution in [3.05, 3.63) is 76.0 Å². The van der Waals surface area contributed by atoms with Crippen LogP contribution in [0.5, 0.6) is 5.75 Å².